The number of fused-ring (bicyclic) bond motifs is 3. The lowest BCUT2D eigenvalue weighted by atomic mass is 10.00. The third-order valence-corrected chi connectivity index (χ3v) is 5.93. The van der Waals surface area contributed by atoms with Crippen LogP contribution < -0.4 is 0 Å². The zero-order chi connectivity index (χ0) is 16.9. The highest BCUT2D eigenvalue weighted by Crippen LogP contribution is 2.42. The third-order valence-electron chi connectivity index (χ3n) is 4.74. The minimum absolute atomic E-state index is 0.165. The standard InChI is InChI=1S/C20H23NO2S/c1-20(2,3)23-19(22)21-15-8-9-16(21)11-14(10-15)18-12-13-6-4-5-7-17(13)24-18/h4-7,10,12,15-16H,8-9,11H2,1-3H3. The number of ether oxygens (including phenoxy) is 1. The van der Waals surface area contributed by atoms with Crippen LogP contribution in [0.1, 0.15) is 44.9 Å². The van der Waals surface area contributed by atoms with Crippen LogP contribution in [0.2, 0.25) is 0 Å². The minimum Gasteiger partial charge on any atom is -0.444 e. The molecule has 3 nitrogen and oxygen atoms in total. The summed E-state index contributed by atoms with van der Waals surface area (Å²) in [6.07, 6.45) is 5.16. The molecule has 24 heavy (non-hydrogen) atoms. The first-order valence-corrected chi connectivity index (χ1v) is 9.43. The smallest absolute Gasteiger partial charge is 0.411 e. The molecule has 0 saturated carbocycles. The third kappa shape index (κ3) is 2.84. The normalized spacial score (nSPS) is 23.5. The van der Waals surface area contributed by atoms with Gasteiger partial charge in [-0.1, -0.05) is 24.3 Å². The summed E-state index contributed by atoms with van der Waals surface area (Å²) in [5.41, 5.74) is 0.954. The van der Waals surface area contributed by atoms with E-state index in [-0.39, 0.29) is 18.2 Å². The molecule has 2 aromatic rings. The van der Waals surface area contributed by atoms with E-state index in [2.05, 4.69) is 36.4 Å². The van der Waals surface area contributed by atoms with Crippen molar-refractivity contribution in [3.8, 4) is 0 Å². The molecule has 2 atom stereocenters. The number of amides is 1. The number of rotatable bonds is 1. The highest BCUT2D eigenvalue weighted by Gasteiger charge is 2.41. The molecular formula is C20H23NO2S. The molecule has 1 saturated heterocycles. The lowest BCUT2D eigenvalue weighted by molar-refractivity contribution is 0.0175. The van der Waals surface area contributed by atoms with Crippen LogP contribution in [0.4, 0.5) is 4.79 Å². The second-order valence-electron chi connectivity index (χ2n) is 7.73. The van der Waals surface area contributed by atoms with Crippen LogP contribution in [-0.4, -0.2) is 28.7 Å². The van der Waals surface area contributed by atoms with Gasteiger partial charge < -0.3 is 4.74 Å². The maximum absolute atomic E-state index is 12.5. The van der Waals surface area contributed by atoms with Gasteiger partial charge in [0, 0.05) is 15.6 Å². The monoisotopic (exact) mass is 341 g/mol. The average Bonchev–Trinajstić information content (AvgIpc) is 3.04. The van der Waals surface area contributed by atoms with Crippen molar-refractivity contribution < 1.29 is 9.53 Å². The molecule has 1 fully saturated rings. The van der Waals surface area contributed by atoms with Gasteiger partial charge in [0.1, 0.15) is 5.60 Å². The molecule has 3 heterocycles. The summed E-state index contributed by atoms with van der Waals surface area (Å²) >= 11 is 1.85. The molecule has 4 rings (SSSR count). The van der Waals surface area contributed by atoms with E-state index in [1.165, 1.54) is 20.5 Å². The topological polar surface area (TPSA) is 29.5 Å². The lowest BCUT2D eigenvalue weighted by Gasteiger charge is -2.35. The molecule has 0 radical (unpaired) electrons. The van der Waals surface area contributed by atoms with E-state index < -0.39 is 5.60 Å². The van der Waals surface area contributed by atoms with Crippen LogP contribution in [0.15, 0.2) is 36.4 Å². The van der Waals surface area contributed by atoms with E-state index in [9.17, 15) is 4.79 Å². The van der Waals surface area contributed by atoms with Crippen molar-refractivity contribution in [1.82, 2.24) is 4.90 Å². The Balaban J connectivity index is 1.60. The number of benzene rings is 1. The van der Waals surface area contributed by atoms with Crippen molar-refractivity contribution in [2.75, 3.05) is 0 Å². The predicted molar refractivity (Wildman–Crippen MR) is 99.3 cm³/mol. The van der Waals surface area contributed by atoms with Crippen LogP contribution in [-0.2, 0) is 4.74 Å². The van der Waals surface area contributed by atoms with Crippen LogP contribution in [0, 0.1) is 0 Å². The molecule has 1 amide bonds. The van der Waals surface area contributed by atoms with E-state index in [0.717, 1.165) is 19.3 Å². The van der Waals surface area contributed by atoms with Crippen molar-refractivity contribution in [3.63, 3.8) is 0 Å². The Morgan fingerprint density at radius 3 is 2.75 bits per heavy atom. The van der Waals surface area contributed by atoms with E-state index in [4.69, 9.17) is 4.74 Å². The van der Waals surface area contributed by atoms with Gasteiger partial charge in [-0.3, -0.25) is 4.90 Å². The Morgan fingerprint density at radius 2 is 2.04 bits per heavy atom. The van der Waals surface area contributed by atoms with Crippen molar-refractivity contribution in [1.29, 1.82) is 0 Å². The van der Waals surface area contributed by atoms with Gasteiger partial charge in [0.2, 0.25) is 0 Å². The lowest BCUT2D eigenvalue weighted by Crippen LogP contribution is -2.45. The molecule has 0 N–H and O–H groups in total. The summed E-state index contributed by atoms with van der Waals surface area (Å²) in [4.78, 5) is 15.8. The molecule has 2 bridgehead atoms. The molecule has 4 heteroatoms. The van der Waals surface area contributed by atoms with Gasteiger partial charge in [-0.2, -0.15) is 0 Å². The van der Waals surface area contributed by atoms with Crippen LogP contribution in [0.5, 0.6) is 0 Å². The fraction of sp³-hybridized carbons (Fsp3) is 0.450. The number of hydrogen-bond acceptors (Lipinski definition) is 3. The maximum Gasteiger partial charge on any atom is 0.411 e. The zero-order valence-corrected chi connectivity index (χ0v) is 15.2. The molecule has 0 aliphatic carbocycles. The summed E-state index contributed by atoms with van der Waals surface area (Å²) in [6, 6.07) is 11.3. The van der Waals surface area contributed by atoms with Crippen LogP contribution in [0.3, 0.4) is 0 Å². The molecule has 1 aromatic carbocycles. The van der Waals surface area contributed by atoms with Crippen LogP contribution >= 0.6 is 11.3 Å². The second kappa shape index (κ2) is 5.62. The van der Waals surface area contributed by atoms with Gasteiger partial charge in [0.15, 0.2) is 0 Å². The number of thiophene rings is 1. The summed E-state index contributed by atoms with van der Waals surface area (Å²) < 4.78 is 6.94. The van der Waals surface area contributed by atoms with Gasteiger partial charge in [0.25, 0.3) is 0 Å². The second-order valence-corrected chi connectivity index (χ2v) is 8.81. The molecule has 1 aromatic heterocycles. The quantitative estimate of drug-likeness (QED) is 0.689. The van der Waals surface area contributed by atoms with Crippen molar-refractivity contribution in [2.45, 2.75) is 57.7 Å². The van der Waals surface area contributed by atoms with Crippen LogP contribution in [0.25, 0.3) is 15.7 Å². The van der Waals surface area contributed by atoms with Gasteiger partial charge in [-0.25, -0.2) is 4.79 Å². The van der Waals surface area contributed by atoms with Crippen molar-refractivity contribution in [2.24, 2.45) is 0 Å². The molecule has 2 aliphatic rings. The first-order valence-electron chi connectivity index (χ1n) is 8.62. The minimum atomic E-state index is -0.439. The molecule has 126 valence electrons. The van der Waals surface area contributed by atoms with E-state index in [1.807, 2.05) is 37.0 Å². The summed E-state index contributed by atoms with van der Waals surface area (Å²) in [7, 11) is 0. The number of carbonyl (C=O) groups is 1. The molecule has 2 aliphatic heterocycles. The zero-order valence-electron chi connectivity index (χ0n) is 14.4. The Labute approximate surface area is 146 Å². The fourth-order valence-electron chi connectivity index (χ4n) is 3.75. The molecule has 2 unspecified atom stereocenters. The Hall–Kier alpha value is -1.81. The first-order chi connectivity index (χ1) is 11.4. The fourth-order valence-corrected chi connectivity index (χ4v) is 4.85. The number of carbonyl (C=O) groups excluding carboxylic acids is 1. The Morgan fingerprint density at radius 1 is 1.25 bits per heavy atom. The summed E-state index contributed by atoms with van der Waals surface area (Å²) in [5, 5.41) is 1.31. The largest absolute Gasteiger partial charge is 0.444 e. The van der Waals surface area contributed by atoms with E-state index in [1.54, 1.807) is 0 Å². The Kier molecular flexibility index (Phi) is 3.68. The summed E-state index contributed by atoms with van der Waals surface area (Å²) in [6.45, 7) is 5.78. The maximum atomic E-state index is 12.5. The molecule has 0 spiro atoms. The first kappa shape index (κ1) is 15.7. The number of hydrogen-bond donors (Lipinski definition) is 0. The van der Waals surface area contributed by atoms with Gasteiger partial charge in [0.05, 0.1) is 6.04 Å². The average molecular weight is 341 g/mol. The van der Waals surface area contributed by atoms with Crippen molar-refractivity contribution in [3.05, 3.63) is 41.3 Å². The summed E-state index contributed by atoms with van der Waals surface area (Å²) in [5.74, 6) is 0. The highest BCUT2D eigenvalue weighted by atomic mass is 32.1. The van der Waals surface area contributed by atoms with E-state index >= 15 is 0 Å². The van der Waals surface area contributed by atoms with E-state index in [0.29, 0.717) is 0 Å². The predicted octanol–water partition coefficient (Wildman–Crippen LogP) is 5.46. The Bertz CT molecular complexity index is 781. The van der Waals surface area contributed by atoms with Gasteiger partial charge in [-0.05, 0) is 63.1 Å². The van der Waals surface area contributed by atoms with Crippen molar-refractivity contribution >= 4 is 33.1 Å². The van der Waals surface area contributed by atoms with Gasteiger partial charge >= 0.3 is 6.09 Å². The highest BCUT2D eigenvalue weighted by molar-refractivity contribution is 7.20. The molecular weight excluding hydrogens is 318 g/mol. The number of nitrogens with zero attached hydrogens (tertiary/aromatic N) is 1. The van der Waals surface area contributed by atoms with Gasteiger partial charge in [-0.15, -0.1) is 11.3 Å². The SMILES string of the molecule is CC(C)(C)OC(=O)N1C2C=C(c3cc4ccccc4s3)CC1CC2.